The maximum Gasteiger partial charge on any atom is 0.231 e. The highest BCUT2D eigenvalue weighted by molar-refractivity contribution is 9.10. The number of benzene rings is 1. The minimum atomic E-state index is 0.313. The molecular weight excluding hydrogens is 306 g/mol. The zero-order valence-electron chi connectivity index (χ0n) is 11.8. The average Bonchev–Trinajstić information content (AvgIpc) is 2.71. The van der Waals surface area contributed by atoms with Gasteiger partial charge in [0.1, 0.15) is 0 Å². The lowest BCUT2D eigenvalue weighted by molar-refractivity contribution is 0.173. The molecule has 1 heterocycles. The molecule has 0 aromatic heterocycles. The second-order valence-corrected chi connectivity index (χ2v) is 7.42. The van der Waals surface area contributed by atoms with E-state index in [0.29, 0.717) is 23.7 Å². The molecule has 0 amide bonds. The molecule has 104 valence electrons. The summed E-state index contributed by atoms with van der Waals surface area (Å²) in [7, 11) is 0. The topological polar surface area (TPSA) is 30.5 Å². The van der Waals surface area contributed by atoms with Crippen molar-refractivity contribution in [2.45, 2.75) is 40.3 Å². The van der Waals surface area contributed by atoms with Gasteiger partial charge in [0, 0.05) is 12.6 Å². The van der Waals surface area contributed by atoms with Crippen molar-refractivity contribution in [3.05, 3.63) is 22.2 Å². The summed E-state index contributed by atoms with van der Waals surface area (Å²) < 4.78 is 11.8. The van der Waals surface area contributed by atoms with Crippen LogP contribution in [0.3, 0.4) is 0 Å². The lowest BCUT2D eigenvalue weighted by Crippen LogP contribution is -2.21. The van der Waals surface area contributed by atoms with Gasteiger partial charge in [0.05, 0.1) is 4.47 Å². The van der Waals surface area contributed by atoms with Crippen LogP contribution in [0.15, 0.2) is 16.6 Å². The third kappa shape index (κ3) is 1.96. The normalized spacial score (nSPS) is 22.6. The molecule has 0 atom stereocenters. The predicted molar refractivity (Wildman–Crippen MR) is 78.5 cm³/mol. The highest BCUT2D eigenvalue weighted by Gasteiger charge is 2.64. The number of hydrogen-bond acceptors (Lipinski definition) is 3. The van der Waals surface area contributed by atoms with Gasteiger partial charge in [-0.1, -0.05) is 27.7 Å². The fraction of sp³-hybridized carbons (Fsp3) is 0.600. The molecule has 1 fully saturated rings. The Morgan fingerprint density at radius 1 is 1.21 bits per heavy atom. The van der Waals surface area contributed by atoms with Crippen LogP contribution < -0.4 is 14.8 Å². The first-order valence-electron chi connectivity index (χ1n) is 6.65. The van der Waals surface area contributed by atoms with Crippen LogP contribution in [0, 0.1) is 10.8 Å². The van der Waals surface area contributed by atoms with E-state index in [1.807, 2.05) is 0 Å². The van der Waals surface area contributed by atoms with Crippen molar-refractivity contribution in [2.24, 2.45) is 10.8 Å². The smallest absolute Gasteiger partial charge is 0.231 e. The molecule has 3 nitrogen and oxygen atoms in total. The van der Waals surface area contributed by atoms with E-state index in [1.165, 1.54) is 5.56 Å². The van der Waals surface area contributed by atoms with Crippen molar-refractivity contribution in [1.82, 2.24) is 5.32 Å². The Morgan fingerprint density at radius 3 is 2.53 bits per heavy atom. The Hall–Kier alpha value is -0.740. The SMILES string of the molecule is CC1(C)C(NCc2cc(Br)c3c(c2)OCO3)C1(C)C. The first-order chi connectivity index (χ1) is 8.84. The Bertz CT molecular complexity index is 511. The van der Waals surface area contributed by atoms with Gasteiger partial charge >= 0.3 is 0 Å². The number of rotatable bonds is 3. The van der Waals surface area contributed by atoms with Gasteiger partial charge in [-0.05, 0) is 44.5 Å². The molecule has 2 aliphatic rings. The van der Waals surface area contributed by atoms with E-state index in [9.17, 15) is 0 Å². The summed E-state index contributed by atoms with van der Waals surface area (Å²) in [5, 5.41) is 3.65. The Labute approximate surface area is 122 Å². The highest BCUT2D eigenvalue weighted by Crippen LogP contribution is 2.62. The molecule has 1 N–H and O–H groups in total. The third-order valence-electron chi connectivity index (χ3n) is 5.02. The van der Waals surface area contributed by atoms with Crippen molar-refractivity contribution >= 4 is 15.9 Å². The summed E-state index contributed by atoms with van der Waals surface area (Å²) in [6.07, 6.45) is 0. The Kier molecular flexibility index (Phi) is 2.88. The third-order valence-corrected chi connectivity index (χ3v) is 5.61. The van der Waals surface area contributed by atoms with Crippen molar-refractivity contribution in [3.8, 4) is 11.5 Å². The Balaban J connectivity index is 1.71. The zero-order chi connectivity index (χ0) is 13.8. The zero-order valence-corrected chi connectivity index (χ0v) is 13.4. The van der Waals surface area contributed by atoms with Crippen LogP contribution in [-0.4, -0.2) is 12.8 Å². The fourth-order valence-electron chi connectivity index (χ4n) is 3.05. The van der Waals surface area contributed by atoms with E-state index < -0.39 is 0 Å². The summed E-state index contributed by atoms with van der Waals surface area (Å²) in [5.41, 5.74) is 1.94. The molecule has 19 heavy (non-hydrogen) atoms. The molecular formula is C15H20BrNO2. The summed E-state index contributed by atoms with van der Waals surface area (Å²) in [6, 6.07) is 4.72. The molecule has 0 unspecified atom stereocenters. The van der Waals surface area contributed by atoms with Gasteiger partial charge in [-0.15, -0.1) is 0 Å². The molecule has 1 aliphatic heterocycles. The van der Waals surface area contributed by atoms with Gasteiger partial charge in [-0.3, -0.25) is 0 Å². The Morgan fingerprint density at radius 2 is 1.89 bits per heavy atom. The van der Waals surface area contributed by atoms with E-state index in [2.05, 4.69) is 61.1 Å². The molecule has 1 aromatic rings. The van der Waals surface area contributed by atoms with Gasteiger partial charge in [0.2, 0.25) is 6.79 Å². The van der Waals surface area contributed by atoms with Crippen LogP contribution in [0.2, 0.25) is 0 Å². The minimum Gasteiger partial charge on any atom is -0.454 e. The van der Waals surface area contributed by atoms with Crippen molar-refractivity contribution in [1.29, 1.82) is 0 Å². The second kappa shape index (κ2) is 4.13. The number of fused-ring (bicyclic) bond motifs is 1. The van der Waals surface area contributed by atoms with Gasteiger partial charge in [-0.25, -0.2) is 0 Å². The van der Waals surface area contributed by atoms with Gasteiger partial charge in [0.25, 0.3) is 0 Å². The molecule has 1 aliphatic carbocycles. The van der Waals surface area contributed by atoms with Crippen LogP contribution in [0.5, 0.6) is 11.5 Å². The fourth-order valence-corrected chi connectivity index (χ4v) is 3.65. The first kappa shape index (κ1) is 13.3. The number of halogens is 1. The molecule has 0 spiro atoms. The highest BCUT2D eigenvalue weighted by atomic mass is 79.9. The molecule has 0 radical (unpaired) electrons. The summed E-state index contributed by atoms with van der Waals surface area (Å²) in [5.74, 6) is 1.65. The summed E-state index contributed by atoms with van der Waals surface area (Å²) in [6.45, 7) is 10.4. The van der Waals surface area contributed by atoms with Crippen LogP contribution in [0.4, 0.5) is 0 Å². The van der Waals surface area contributed by atoms with E-state index in [0.717, 1.165) is 22.5 Å². The number of hydrogen-bond donors (Lipinski definition) is 1. The lowest BCUT2D eigenvalue weighted by atomic mass is 10.0. The minimum absolute atomic E-state index is 0.313. The summed E-state index contributed by atoms with van der Waals surface area (Å²) in [4.78, 5) is 0. The molecule has 1 saturated carbocycles. The average molecular weight is 326 g/mol. The van der Waals surface area contributed by atoms with Crippen LogP contribution >= 0.6 is 15.9 Å². The van der Waals surface area contributed by atoms with Crippen LogP contribution in [0.1, 0.15) is 33.3 Å². The van der Waals surface area contributed by atoms with Gasteiger partial charge in [-0.2, -0.15) is 0 Å². The molecule has 0 bridgehead atoms. The standard InChI is InChI=1S/C15H20BrNO2/c1-14(2)13(15(14,3)4)17-7-9-5-10(16)12-11(6-9)18-8-19-12/h5-6,13,17H,7-8H2,1-4H3. The van der Waals surface area contributed by atoms with E-state index in [4.69, 9.17) is 9.47 Å². The largest absolute Gasteiger partial charge is 0.454 e. The second-order valence-electron chi connectivity index (χ2n) is 6.57. The maximum atomic E-state index is 5.44. The summed E-state index contributed by atoms with van der Waals surface area (Å²) >= 11 is 3.53. The van der Waals surface area contributed by atoms with E-state index >= 15 is 0 Å². The van der Waals surface area contributed by atoms with E-state index in [-0.39, 0.29) is 0 Å². The quantitative estimate of drug-likeness (QED) is 0.919. The lowest BCUT2D eigenvalue weighted by Gasteiger charge is -2.08. The van der Waals surface area contributed by atoms with Gasteiger partial charge < -0.3 is 14.8 Å². The predicted octanol–water partition coefficient (Wildman–Crippen LogP) is 3.70. The molecule has 3 rings (SSSR count). The molecule has 0 saturated heterocycles. The van der Waals surface area contributed by atoms with Crippen molar-refractivity contribution in [2.75, 3.05) is 6.79 Å². The molecule has 4 heteroatoms. The monoisotopic (exact) mass is 325 g/mol. The van der Waals surface area contributed by atoms with Crippen LogP contribution in [-0.2, 0) is 6.54 Å². The number of nitrogens with one attached hydrogen (secondary N) is 1. The van der Waals surface area contributed by atoms with E-state index in [1.54, 1.807) is 0 Å². The van der Waals surface area contributed by atoms with Crippen LogP contribution in [0.25, 0.3) is 0 Å². The van der Waals surface area contributed by atoms with Crippen molar-refractivity contribution < 1.29 is 9.47 Å². The molecule has 1 aromatic carbocycles. The number of ether oxygens (including phenoxy) is 2. The first-order valence-corrected chi connectivity index (χ1v) is 7.45. The van der Waals surface area contributed by atoms with Gasteiger partial charge in [0.15, 0.2) is 11.5 Å². The van der Waals surface area contributed by atoms with Crippen molar-refractivity contribution in [3.63, 3.8) is 0 Å². The maximum absolute atomic E-state index is 5.44.